The number of nitriles is 1. The van der Waals surface area contributed by atoms with Gasteiger partial charge >= 0.3 is 0 Å². The number of carbonyl (C=O) groups is 1. The van der Waals surface area contributed by atoms with Crippen molar-refractivity contribution in [1.29, 1.82) is 5.26 Å². The maximum Gasteiger partial charge on any atom is 0.123 e. The van der Waals surface area contributed by atoms with E-state index in [0.717, 1.165) is 32.0 Å². The smallest absolute Gasteiger partial charge is 0.123 e. The normalized spacial score (nSPS) is 27.8. The van der Waals surface area contributed by atoms with Crippen LogP contribution >= 0.6 is 0 Å². The molecule has 4 heteroatoms. The van der Waals surface area contributed by atoms with Crippen LogP contribution in [0, 0.1) is 23.2 Å². The Bertz CT molecular complexity index is 157. The average Bonchev–Trinajstić information content (AvgIpc) is 2.21. The van der Waals surface area contributed by atoms with Crippen LogP contribution in [0.2, 0.25) is 0 Å². The summed E-state index contributed by atoms with van der Waals surface area (Å²) in [5.74, 6) is 3.96. The first-order chi connectivity index (χ1) is 5.86. The summed E-state index contributed by atoms with van der Waals surface area (Å²) in [6.07, 6.45) is 4.69. The quantitative estimate of drug-likeness (QED) is 0.451. The summed E-state index contributed by atoms with van der Waals surface area (Å²) < 4.78 is 0. The molecule has 1 rings (SSSR count). The molecule has 0 aromatic rings. The van der Waals surface area contributed by atoms with Gasteiger partial charge in [-0.2, -0.15) is 5.26 Å². The van der Waals surface area contributed by atoms with Gasteiger partial charge in [0.2, 0.25) is 0 Å². The number of carbonyl (C=O) groups excluding carboxylic acids is 1. The highest BCUT2D eigenvalue weighted by Gasteiger charge is 2.19. The Labute approximate surface area is 71.9 Å². The first kappa shape index (κ1) is 11.1. The van der Waals surface area contributed by atoms with E-state index in [-0.39, 0.29) is 11.8 Å². The predicted molar refractivity (Wildman–Crippen MR) is 43.1 cm³/mol. The van der Waals surface area contributed by atoms with Crippen LogP contribution in [0.15, 0.2) is 0 Å². The molecule has 0 heterocycles. The highest BCUT2D eigenvalue weighted by atomic mass is 16.4. The summed E-state index contributed by atoms with van der Waals surface area (Å²) in [4.78, 5) is 10.3. The summed E-state index contributed by atoms with van der Waals surface area (Å²) >= 11 is 0. The van der Waals surface area contributed by atoms with Gasteiger partial charge in [0.15, 0.2) is 0 Å². The molecule has 3 N–H and O–H groups in total. The first-order valence-electron chi connectivity index (χ1n) is 3.97. The van der Waals surface area contributed by atoms with Gasteiger partial charge in [0.1, 0.15) is 6.29 Å². The van der Waals surface area contributed by atoms with Crippen LogP contribution in [0.3, 0.4) is 0 Å². The highest BCUT2D eigenvalue weighted by Crippen LogP contribution is 2.26. The molecule has 1 aliphatic carbocycles. The topological polar surface area (TPSA) is 87.1 Å². The minimum atomic E-state index is 0.219. The van der Waals surface area contributed by atoms with Crippen molar-refractivity contribution in [1.82, 2.24) is 0 Å². The van der Waals surface area contributed by atoms with Gasteiger partial charge in [-0.1, -0.05) is 0 Å². The molecule has 1 saturated carbocycles. The fourth-order valence-corrected chi connectivity index (χ4v) is 1.38. The predicted octanol–water partition coefficient (Wildman–Crippen LogP) is 0.850. The minimum absolute atomic E-state index is 0.219. The van der Waals surface area contributed by atoms with Crippen molar-refractivity contribution in [2.75, 3.05) is 0 Å². The molecule has 1 fully saturated rings. The first-order valence-corrected chi connectivity index (χ1v) is 3.97. The molecule has 0 unspecified atom stereocenters. The van der Waals surface area contributed by atoms with Gasteiger partial charge < -0.3 is 10.0 Å². The number of hydrogen-bond acceptors (Lipinski definition) is 4. The number of nitrogens with two attached hydrogens (primary N) is 1. The van der Waals surface area contributed by atoms with Crippen LogP contribution in [0.5, 0.6) is 0 Å². The Morgan fingerprint density at radius 2 is 1.83 bits per heavy atom. The van der Waals surface area contributed by atoms with E-state index < -0.39 is 0 Å². The van der Waals surface area contributed by atoms with Gasteiger partial charge in [-0.15, -0.1) is 0 Å². The van der Waals surface area contributed by atoms with Crippen molar-refractivity contribution in [3.63, 3.8) is 0 Å². The average molecular weight is 170 g/mol. The highest BCUT2D eigenvalue weighted by molar-refractivity contribution is 5.53. The summed E-state index contributed by atoms with van der Waals surface area (Å²) in [5, 5.41) is 15.0. The molecule has 0 atom stereocenters. The number of aldehydes is 1. The second-order valence-corrected chi connectivity index (χ2v) is 2.88. The van der Waals surface area contributed by atoms with Gasteiger partial charge in [-0.05, 0) is 25.7 Å². The van der Waals surface area contributed by atoms with E-state index in [4.69, 9.17) is 10.5 Å². The van der Waals surface area contributed by atoms with Crippen molar-refractivity contribution in [3.8, 4) is 6.07 Å². The fourth-order valence-electron chi connectivity index (χ4n) is 1.38. The Kier molecular flexibility index (Phi) is 6.25. The van der Waals surface area contributed by atoms with Gasteiger partial charge in [-0.3, -0.25) is 0 Å². The van der Waals surface area contributed by atoms with Gasteiger partial charge in [-0.25, -0.2) is 5.90 Å². The Balaban J connectivity index is 0.000000561. The summed E-state index contributed by atoms with van der Waals surface area (Å²) in [5.41, 5.74) is 0. The van der Waals surface area contributed by atoms with Gasteiger partial charge in [0.05, 0.1) is 6.07 Å². The zero-order valence-electron chi connectivity index (χ0n) is 6.94. The SMILES string of the molecule is N#CC1CCC(C=O)CC1.NO. The molecule has 0 amide bonds. The summed E-state index contributed by atoms with van der Waals surface area (Å²) in [6, 6.07) is 2.23. The summed E-state index contributed by atoms with van der Waals surface area (Å²) in [7, 11) is 0. The van der Waals surface area contributed by atoms with Crippen LogP contribution in [-0.4, -0.2) is 11.5 Å². The molecule has 0 aliphatic heterocycles. The zero-order chi connectivity index (χ0) is 9.40. The maximum absolute atomic E-state index is 10.3. The van der Waals surface area contributed by atoms with E-state index in [1.807, 2.05) is 0 Å². The standard InChI is InChI=1S/C8H11NO.H3NO/c9-5-7-1-3-8(6-10)4-2-7;1-2/h6-8H,1-4H2;2H,1H2. The molecular weight excluding hydrogens is 156 g/mol. The summed E-state index contributed by atoms with van der Waals surface area (Å²) in [6.45, 7) is 0. The van der Waals surface area contributed by atoms with E-state index >= 15 is 0 Å². The van der Waals surface area contributed by atoms with Crippen molar-refractivity contribution in [3.05, 3.63) is 0 Å². The molecule has 0 aromatic heterocycles. The molecule has 12 heavy (non-hydrogen) atoms. The maximum atomic E-state index is 10.3. The van der Waals surface area contributed by atoms with Crippen molar-refractivity contribution in [2.45, 2.75) is 25.7 Å². The molecule has 68 valence electrons. The number of nitrogens with zero attached hydrogens (tertiary/aromatic N) is 1. The van der Waals surface area contributed by atoms with E-state index in [9.17, 15) is 4.79 Å². The van der Waals surface area contributed by atoms with E-state index in [2.05, 4.69) is 12.0 Å². The van der Waals surface area contributed by atoms with E-state index in [1.54, 1.807) is 0 Å². The van der Waals surface area contributed by atoms with Crippen molar-refractivity contribution >= 4 is 6.29 Å². The molecule has 0 aromatic carbocycles. The van der Waals surface area contributed by atoms with Crippen molar-refractivity contribution < 1.29 is 10.0 Å². The molecular formula is C8H14N2O2. The monoisotopic (exact) mass is 170 g/mol. The van der Waals surface area contributed by atoms with Crippen LogP contribution in [0.4, 0.5) is 0 Å². The third kappa shape index (κ3) is 3.46. The lowest BCUT2D eigenvalue weighted by atomic mass is 9.84. The number of rotatable bonds is 1. The van der Waals surface area contributed by atoms with Crippen LogP contribution in [-0.2, 0) is 4.79 Å². The second-order valence-electron chi connectivity index (χ2n) is 2.88. The number of hydrogen-bond donors (Lipinski definition) is 2. The van der Waals surface area contributed by atoms with Crippen LogP contribution < -0.4 is 5.90 Å². The third-order valence-corrected chi connectivity index (χ3v) is 2.15. The lowest BCUT2D eigenvalue weighted by Crippen LogP contribution is -2.13. The third-order valence-electron chi connectivity index (χ3n) is 2.15. The van der Waals surface area contributed by atoms with E-state index in [1.165, 1.54) is 0 Å². The molecule has 0 spiro atoms. The minimum Gasteiger partial charge on any atom is -0.320 e. The Hall–Kier alpha value is -0.920. The van der Waals surface area contributed by atoms with E-state index in [0.29, 0.717) is 0 Å². The molecule has 4 nitrogen and oxygen atoms in total. The van der Waals surface area contributed by atoms with Crippen molar-refractivity contribution in [2.24, 2.45) is 17.7 Å². The largest absolute Gasteiger partial charge is 0.320 e. The van der Waals surface area contributed by atoms with Gasteiger partial charge in [0, 0.05) is 11.8 Å². The molecule has 0 radical (unpaired) electrons. The fraction of sp³-hybridized carbons (Fsp3) is 0.750. The molecule has 1 aliphatic rings. The Morgan fingerprint density at radius 3 is 2.17 bits per heavy atom. The second kappa shape index (κ2) is 6.77. The lowest BCUT2D eigenvalue weighted by molar-refractivity contribution is -0.112. The molecule has 0 bridgehead atoms. The Morgan fingerprint density at radius 1 is 1.33 bits per heavy atom. The van der Waals surface area contributed by atoms with Crippen LogP contribution in [0.1, 0.15) is 25.7 Å². The van der Waals surface area contributed by atoms with Gasteiger partial charge in [0.25, 0.3) is 0 Å². The molecule has 0 saturated heterocycles. The van der Waals surface area contributed by atoms with Crippen LogP contribution in [0.25, 0.3) is 0 Å². The lowest BCUT2D eigenvalue weighted by Gasteiger charge is -2.19. The zero-order valence-corrected chi connectivity index (χ0v) is 6.94.